The Morgan fingerprint density at radius 3 is 2.46 bits per heavy atom. The Kier molecular flexibility index (Phi) is 4.22. The van der Waals surface area contributed by atoms with Crippen molar-refractivity contribution in [3.63, 3.8) is 0 Å². The fourth-order valence-electron chi connectivity index (χ4n) is 4.85. The lowest BCUT2D eigenvalue weighted by atomic mass is 9.81. The number of carbonyl (C=O) groups excluding carboxylic acids is 2. The summed E-state index contributed by atoms with van der Waals surface area (Å²) in [5, 5.41) is 4.27. The van der Waals surface area contributed by atoms with Crippen LogP contribution in [0.15, 0.2) is 29.0 Å². The Morgan fingerprint density at radius 1 is 1.00 bits per heavy atom. The molecule has 1 aliphatic carbocycles. The van der Waals surface area contributed by atoms with Gasteiger partial charge in [0.15, 0.2) is 0 Å². The Hall–Kier alpha value is -1.50. The summed E-state index contributed by atoms with van der Waals surface area (Å²) in [4.78, 5) is 32.4. The number of rotatable bonds is 3. The SMILES string of the molecule is O=C1[C@H]2CCCC[C@H]2C(=O)N1CN1CCc2sccc2[C@H]1c1cccs1. The summed E-state index contributed by atoms with van der Waals surface area (Å²) in [6.07, 6.45) is 4.92. The third-order valence-corrected chi connectivity index (χ3v) is 8.06. The van der Waals surface area contributed by atoms with Crippen LogP contribution in [0, 0.1) is 11.8 Å². The monoisotopic (exact) mass is 386 g/mol. The van der Waals surface area contributed by atoms with Crippen molar-refractivity contribution < 1.29 is 9.59 Å². The van der Waals surface area contributed by atoms with Gasteiger partial charge in [0, 0.05) is 16.3 Å². The van der Waals surface area contributed by atoms with Crippen LogP contribution in [-0.4, -0.2) is 34.8 Å². The Labute approximate surface area is 161 Å². The molecule has 2 aromatic heterocycles. The Morgan fingerprint density at radius 2 is 1.77 bits per heavy atom. The number of carbonyl (C=O) groups is 2. The van der Waals surface area contributed by atoms with E-state index in [1.54, 1.807) is 16.2 Å². The van der Waals surface area contributed by atoms with E-state index in [-0.39, 0.29) is 29.7 Å². The number of amides is 2. The molecule has 3 atom stereocenters. The number of likely N-dealkylation sites (tertiary alicyclic amines) is 1. The lowest BCUT2D eigenvalue weighted by Crippen LogP contribution is -2.45. The minimum atomic E-state index is -0.0575. The standard InChI is InChI=1S/C20H22N2O2S2/c23-19-13-4-1-2-5-14(13)20(24)22(19)12-21-9-7-16-15(8-11-26-16)18(21)17-6-3-10-25-17/h3,6,8,10-11,13-14,18H,1-2,4-5,7,9,12H2/t13-,14+,18-/m0/s1. The molecular weight excluding hydrogens is 364 g/mol. The number of hydrogen-bond donors (Lipinski definition) is 0. The van der Waals surface area contributed by atoms with Gasteiger partial charge in [-0.15, -0.1) is 22.7 Å². The summed E-state index contributed by atoms with van der Waals surface area (Å²) < 4.78 is 0. The number of fused-ring (bicyclic) bond motifs is 2. The van der Waals surface area contributed by atoms with E-state index in [1.165, 1.54) is 15.3 Å². The summed E-state index contributed by atoms with van der Waals surface area (Å²) in [5.74, 6) is 0.0253. The van der Waals surface area contributed by atoms with Gasteiger partial charge in [-0.25, -0.2) is 0 Å². The van der Waals surface area contributed by atoms with Crippen LogP contribution in [0.2, 0.25) is 0 Å². The molecule has 4 heterocycles. The molecule has 0 bridgehead atoms. The first-order valence-electron chi connectivity index (χ1n) is 9.43. The maximum absolute atomic E-state index is 12.9. The predicted octanol–water partition coefficient (Wildman–Crippen LogP) is 3.89. The molecule has 3 aliphatic rings. The fourth-order valence-corrected chi connectivity index (χ4v) is 6.63. The summed E-state index contributed by atoms with van der Waals surface area (Å²) in [6.45, 7) is 1.32. The molecule has 0 spiro atoms. The summed E-state index contributed by atoms with van der Waals surface area (Å²) in [5.41, 5.74) is 1.35. The zero-order valence-electron chi connectivity index (χ0n) is 14.6. The van der Waals surface area contributed by atoms with E-state index in [9.17, 15) is 9.59 Å². The van der Waals surface area contributed by atoms with Crippen LogP contribution in [-0.2, 0) is 16.0 Å². The molecule has 1 saturated carbocycles. The van der Waals surface area contributed by atoms with Crippen LogP contribution in [0.3, 0.4) is 0 Å². The molecule has 1 saturated heterocycles. The first kappa shape index (κ1) is 16.7. The molecule has 5 rings (SSSR count). The minimum absolute atomic E-state index is 0.0575. The molecule has 4 nitrogen and oxygen atoms in total. The molecule has 2 amide bonds. The molecule has 0 N–H and O–H groups in total. The summed E-state index contributed by atoms with van der Waals surface area (Å²) in [7, 11) is 0. The third kappa shape index (κ3) is 2.58. The van der Waals surface area contributed by atoms with Gasteiger partial charge < -0.3 is 0 Å². The van der Waals surface area contributed by atoms with Crippen LogP contribution in [0.25, 0.3) is 0 Å². The largest absolute Gasteiger partial charge is 0.274 e. The molecule has 136 valence electrons. The Balaban J connectivity index is 1.44. The maximum atomic E-state index is 12.9. The molecule has 0 unspecified atom stereocenters. The molecule has 6 heteroatoms. The lowest BCUT2D eigenvalue weighted by Gasteiger charge is -2.37. The second kappa shape index (κ2) is 6.59. The fraction of sp³-hybridized carbons (Fsp3) is 0.500. The highest BCUT2D eigenvalue weighted by molar-refractivity contribution is 7.10. The van der Waals surface area contributed by atoms with E-state index in [2.05, 4.69) is 33.9 Å². The van der Waals surface area contributed by atoms with E-state index >= 15 is 0 Å². The van der Waals surface area contributed by atoms with E-state index in [1.807, 2.05) is 11.3 Å². The molecule has 0 aromatic carbocycles. The number of imide groups is 1. The van der Waals surface area contributed by atoms with E-state index in [0.29, 0.717) is 6.67 Å². The average Bonchev–Trinajstić information content (AvgIpc) is 3.39. The average molecular weight is 387 g/mol. The van der Waals surface area contributed by atoms with Crippen molar-refractivity contribution in [2.45, 2.75) is 38.1 Å². The first-order chi connectivity index (χ1) is 12.7. The highest BCUT2D eigenvalue weighted by Crippen LogP contribution is 2.42. The van der Waals surface area contributed by atoms with E-state index in [0.717, 1.165) is 38.6 Å². The van der Waals surface area contributed by atoms with Crippen LogP contribution in [0.4, 0.5) is 0 Å². The van der Waals surface area contributed by atoms with Gasteiger partial charge in [0.2, 0.25) is 11.8 Å². The smallest absolute Gasteiger partial charge is 0.234 e. The predicted molar refractivity (Wildman–Crippen MR) is 103 cm³/mol. The van der Waals surface area contributed by atoms with Crippen LogP contribution in [0.5, 0.6) is 0 Å². The van der Waals surface area contributed by atoms with Gasteiger partial charge in [-0.2, -0.15) is 0 Å². The summed E-state index contributed by atoms with van der Waals surface area (Å²) in [6, 6.07) is 6.62. The zero-order chi connectivity index (χ0) is 17.7. The van der Waals surface area contributed by atoms with Gasteiger partial charge in [-0.05, 0) is 47.7 Å². The van der Waals surface area contributed by atoms with Gasteiger partial charge >= 0.3 is 0 Å². The third-order valence-electron chi connectivity index (χ3n) is 6.13. The maximum Gasteiger partial charge on any atom is 0.234 e. The number of nitrogens with zero attached hydrogens (tertiary/aromatic N) is 2. The molecule has 2 fully saturated rings. The summed E-state index contributed by atoms with van der Waals surface area (Å²) >= 11 is 3.57. The van der Waals surface area contributed by atoms with E-state index in [4.69, 9.17) is 0 Å². The molecule has 26 heavy (non-hydrogen) atoms. The topological polar surface area (TPSA) is 40.6 Å². The number of thiophene rings is 2. The second-order valence-electron chi connectivity index (χ2n) is 7.52. The van der Waals surface area contributed by atoms with Crippen LogP contribution >= 0.6 is 22.7 Å². The molecular formula is C20H22N2O2S2. The van der Waals surface area contributed by atoms with Crippen molar-refractivity contribution in [1.82, 2.24) is 9.80 Å². The normalized spacial score (nSPS) is 29.1. The van der Waals surface area contributed by atoms with Crippen molar-refractivity contribution in [3.05, 3.63) is 44.3 Å². The van der Waals surface area contributed by atoms with Crippen molar-refractivity contribution in [1.29, 1.82) is 0 Å². The van der Waals surface area contributed by atoms with Gasteiger partial charge in [0.1, 0.15) is 0 Å². The highest BCUT2D eigenvalue weighted by atomic mass is 32.1. The Bertz CT molecular complexity index is 805. The quantitative estimate of drug-likeness (QED) is 0.752. The van der Waals surface area contributed by atoms with Crippen molar-refractivity contribution in [2.24, 2.45) is 11.8 Å². The van der Waals surface area contributed by atoms with Crippen molar-refractivity contribution in [3.8, 4) is 0 Å². The molecule has 0 radical (unpaired) electrons. The van der Waals surface area contributed by atoms with Gasteiger partial charge in [-0.3, -0.25) is 19.4 Å². The van der Waals surface area contributed by atoms with Crippen LogP contribution in [0.1, 0.15) is 47.0 Å². The minimum Gasteiger partial charge on any atom is -0.274 e. The lowest BCUT2D eigenvalue weighted by molar-refractivity contribution is -0.143. The van der Waals surface area contributed by atoms with Crippen LogP contribution < -0.4 is 0 Å². The molecule has 2 aromatic rings. The van der Waals surface area contributed by atoms with E-state index < -0.39 is 0 Å². The van der Waals surface area contributed by atoms with Gasteiger partial charge in [-0.1, -0.05) is 18.9 Å². The number of hydrogen-bond acceptors (Lipinski definition) is 5. The zero-order valence-corrected chi connectivity index (χ0v) is 16.2. The van der Waals surface area contributed by atoms with Crippen molar-refractivity contribution >= 4 is 34.5 Å². The van der Waals surface area contributed by atoms with Gasteiger partial charge in [0.25, 0.3) is 0 Å². The van der Waals surface area contributed by atoms with Crippen molar-refractivity contribution in [2.75, 3.05) is 13.2 Å². The van der Waals surface area contributed by atoms with Gasteiger partial charge in [0.05, 0.1) is 24.5 Å². The highest BCUT2D eigenvalue weighted by Gasteiger charge is 2.49. The first-order valence-corrected chi connectivity index (χ1v) is 11.2. The second-order valence-corrected chi connectivity index (χ2v) is 9.50. The molecule has 2 aliphatic heterocycles.